The van der Waals surface area contributed by atoms with Crippen LogP contribution in [0.4, 0.5) is 11.5 Å². The van der Waals surface area contributed by atoms with Gasteiger partial charge < -0.3 is 30.6 Å². The fourth-order valence-electron chi connectivity index (χ4n) is 3.09. The van der Waals surface area contributed by atoms with Crippen molar-refractivity contribution in [2.75, 3.05) is 39.2 Å². The lowest BCUT2D eigenvalue weighted by atomic mass is 10.2. The van der Waals surface area contributed by atoms with Crippen LogP contribution < -0.4 is 20.5 Å². The monoisotopic (exact) mass is 522 g/mol. The van der Waals surface area contributed by atoms with Gasteiger partial charge in [-0.1, -0.05) is 0 Å². The van der Waals surface area contributed by atoms with Gasteiger partial charge in [-0.2, -0.15) is 0 Å². The van der Waals surface area contributed by atoms with Crippen LogP contribution in [0.1, 0.15) is 12.0 Å². The van der Waals surface area contributed by atoms with Crippen LogP contribution in [0.25, 0.3) is 11.0 Å². The number of methoxy groups -OCH3 is 1. The van der Waals surface area contributed by atoms with Crippen LogP contribution in [0, 0.1) is 0 Å². The fraction of sp³-hybridized carbons (Fsp3) is 0.350. The zero-order chi connectivity index (χ0) is 21.5. The van der Waals surface area contributed by atoms with Crippen LogP contribution >= 0.6 is 37.2 Å². The number of aromatic amines is 1. The lowest BCUT2D eigenvalue weighted by molar-refractivity contribution is -0.138. The van der Waals surface area contributed by atoms with Crippen LogP contribution in [-0.2, 0) is 11.3 Å². The number of ether oxygens (including phenoxy) is 2. The average molecular weight is 524 g/mol. The number of likely N-dealkylation sites (N-methyl/N-ethyl adjacent to an activating group) is 1. The Morgan fingerprint density at radius 3 is 2.67 bits per heavy atom. The number of nitrogens with one attached hydrogen (secondary N) is 2. The lowest BCUT2D eigenvalue weighted by Crippen LogP contribution is -2.25. The number of rotatable bonds is 11. The molecule has 33 heavy (non-hydrogen) atoms. The number of carboxylic acid groups (broad SMARTS) is 1. The van der Waals surface area contributed by atoms with Gasteiger partial charge in [0, 0.05) is 24.5 Å². The number of nitrogens with two attached hydrogens (primary N) is 1. The largest absolute Gasteiger partial charge is 0.493 e. The van der Waals surface area contributed by atoms with E-state index in [-0.39, 0.29) is 43.8 Å². The molecule has 0 aliphatic rings. The van der Waals surface area contributed by atoms with Crippen molar-refractivity contribution in [2.45, 2.75) is 13.0 Å². The van der Waals surface area contributed by atoms with Gasteiger partial charge in [0.15, 0.2) is 11.5 Å². The van der Waals surface area contributed by atoms with E-state index in [0.29, 0.717) is 42.7 Å². The molecule has 3 rings (SSSR count). The summed E-state index contributed by atoms with van der Waals surface area (Å²) in [7, 11) is 3.34. The minimum absolute atomic E-state index is 0. The highest BCUT2D eigenvalue weighted by Gasteiger charge is 2.15. The number of aliphatic carboxylic acids is 1. The summed E-state index contributed by atoms with van der Waals surface area (Å²) < 4.78 is 11.2. The first-order valence-corrected chi connectivity index (χ1v) is 9.51. The van der Waals surface area contributed by atoms with Crippen molar-refractivity contribution in [1.82, 2.24) is 19.9 Å². The molecule has 1 aromatic carbocycles. The van der Waals surface area contributed by atoms with Crippen molar-refractivity contribution in [1.29, 1.82) is 0 Å². The van der Waals surface area contributed by atoms with E-state index in [1.165, 1.54) is 6.33 Å². The van der Waals surface area contributed by atoms with Gasteiger partial charge >= 0.3 is 5.97 Å². The molecule has 2 heterocycles. The van der Waals surface area contributed by atoms with Gasteiger partial charge in [-0.3, -0.25) is 9.69 Å². The summed E-state index contributed by atoms with van der Waals surface area (Å²) in [5.74, 6) is 0.963. The molecule has 0 aliphatic carbocycles. The smallest absolute Gasteiger partial charge is 0.317 e. The van der Waals surface area contributed by atoms with Gasteiger partial charge in [-0.25, -0.2) is 9.97 Å². The molecule has 0 aliphatic heterocycles. The van der Waals surface area contributed by atoms with Crippen molar-refractivity contribution in [2.24, 2.45) is 5.73 Å². The second-order valence-corrected chi connectivity index (χ2v) is 6.81. The van der Waals surface area contributed by atoms with Gasteiger partial charge in [0.1, 0.15) is 17.8 Å². The molecule has 5 N–H and O–H groups in total. The molecule has 184 valence electrons. The molecule has 10 nitrogen and oxygen atoms in total. The number of carbonyl (C=O) groups is 1. The highest BCUT2D eigenvalue weighted by molar-refractivity contribution is 5.92. The maximum Gasteiger partial charge on any atom is 0.317 e. The van der Waals surface area contributed by atoms with E-state index in [1.54, 1.807) is 19.1 Å². The number of hydrogen-bond acceptors (Lipinski definition) is 8. The Morgan fingerprint density at radius 1 is 1.24 bits per heavy atom. The third kappa shape index (κ3) is 8.09. The molecule has 0 amide bonds. The van der Waals surface area contributed by atoms with Gasteiger partial charge in [-0.05, 0) is 37.7 Å². The average Bonchev–Trinajstić information content (AvgIpc) is 3.11. The Morgan fingerprint density at radius 2 is 2.00 bits per heavy atom. The summed E-state index contributed by atoms with van der Waals surface area (Å²) in [6.45, 7) is 1.41. The summed E-state index contributed by atoms with van der Waals surface area (Å²) in [6.07, 6.45) is 4.02. The third-order valence-corrected chi connectivity index (χ3v) is 4.43. The first kappa shape index (κ1) is 30.5. The molecule has 0 radical (unpaired) electrons. The van der Waals surface area contributed by atoms with Gasteiger partial charge in [0.2, 0.25) is 0 Å². The molecule has 0 saturated carbocycles. The van der Waals surface area contributed by atoms with Gasteiger partial charge in [-0.15, -0.1) is 37.2 Å². The Hall–Kier alpha value is -2.50. The zero-order valence-electron chi connectivity index (χ0n) is 18.2. The molecule has 3 aromatic rings. The lowest BCUT2D eigenvalue weighted by Gasteiger charge is -2.15. The molecular weight excluding hydrogens is 495 g/mol. The van der Waals surface area contributed by atoms with Gasteiger partial charge in [0.25, 0.3) is 0 Å². The summed E-state index contributed by atoms with van der Waals surface area (Å²) in [4.78, 5) is 24.4. The number of aromatic nitrogens is 3. The first-order valence-electron chi connectivity index (χ1n) is 9.51. The van der Waals surface area contributed by atoms with E-state index in [0.717, 1.165) is 23.1 Å². The molecular formula is C20H29Cl3N6O4. The second-order valence-electron chi connectivity index (χ2n) is 6.81. The van der Waals surface area contributed by atoms with Crippen LogP contribution in [0.5, 0.6) is 11.5 Å². The minimum atomic E-state index is -0.882. The van der Waals surface area contributed by atoms with Crippen molar-refractivity contribution < 1.29 is 19.4 Å². The summed E-state index contributed by atoms with van der Waals surface area (Å²) in [5.41, 5.74) is 7.86. The molecule has 0 unspecified atom stereocenters. The molecule has 2 aromatic heterocycles. The van der Waals surface area contributed by atoms with E-state index in [9.17, 15) is 4.79 Å². The Labute approximate surface area is 210 Å². The summed E-state index contributed by atoms with van der Waals surface area (Å²) >= 11 is 0. The predicted molar refractivity (Wildman–Crippen MR) is 135 cm³/mol. The highest BCUT2D eigenvalue weighted by atomic mass is 35.5. The number of fused-ring (bicyclic) bond motifs is 1. The van der Waals surface area contributed by atoms with Crippen LogP contribution in [-0.4, -0.2) is 64.8 Å². The Bertz CT molecular complexity index is 1020. The number of carboxylic acids is 1. The summed E-state index contributed by atoms with van der Waals surface area (Å²) in [6, 6.07) is 5.52. The minimum Gasteiger partial charge on any atom is -0.493 e. The topological polar surface area (TPSA) is 139 Å². The number of H-pyrrole nitrogens is 1. The first-order chi connectivity index (χ1) is 14.5. The zero-order valence-corrected chi connectivity index (χ0v) is 20.7. The van der Waals surface area contributed by atoms with Crippen LogP contribution in [0.3, 0.4) is 0 Å². The summed E-state index contributed by atoms with van der Waals surface area (Å²) in [5, 5.41) is 13.1. The SMILES string of the molecule is COc1ccc(Nc2ncnc3[nH]cc(CN(C)CC(=O)O)c23)cc1OCCCN.Cl.Cl.Cl. The maximum atomic E-state index is 11.0. The fourth-order valence-corrected chi connectivity index (χ4v) is 3.09. The Balaban J connectivity index is 0.00000341. The van der Waals surface area contributed by atoms with Gasteiger partial charge in [0.05, 0.1) is 25.6 Å². The number of anilines is 2. The number of benzene rings is 1. The number of nitrogens with zero attached hydrogens (tertiary/aromatic N) is 3. The standard InChI is InChI=1S/C20H26N6O4.3ClH/c1-26(11-17(27)28)10-13-9-22-19-18(13)20(24-12-23-19)25-14-4-5-15(29-2)16(8-14)30-7-3-6-21;;;/h4-5,8-9,12H,3,6-7,10-11,21H2,1-2H3,(H,27,28)(H2,22,23,24,25);3*1H. The molecule has 0 saturated heterocycles. The maximum absolute atomic E-state index is 11.0. The molecule has 13 heteroatoms. The van der Waals surface area contributed by atoms with E-state index < -0.39 is 5.97 Å². The normalized spacial score (nSPS) is 10.1. The molecule has 0 fully saturated rings. The van der Waals surface area contributed by atoms with E-state index in [2.05, 4.69) is 20.3 Å². The third-order valence-electron chi connectivity index (χ3n) is 4.43. The van der Waals surface area contributed by atoms with Crippen molar-refractivity contribution in [3.8, 4) is 11.5 Å². The van der Waals surface area contributed by atoms with Crippen molar-refractivity contribution in [3.05, 3.63) is 36.3 Å². The number of halogens is 3. The van der Waals surface area contributed by atoms with Crippen molar-refractivity contribution >= 4 is 65.7 Å². The molecule has 0 bridgehead atoms. The van der Waals surface area contributed by atoms with Crippen LogP contribution in [0.15, 0.2) is 30.7 Å². The molecule has 0 spiro atoms. The van der Waals surface area contributed by atoms with E-state index in [1.807, 2.05) is 24.4 Å². The van der Waals surface area contributed by atoms with E-state index >= 15 is 0 Å². The van der Waals surface area contributed by atoms with Crippen molar-refractivity contribution in [3.63, 3.8) is 0 Å². The highest BCUT2D eigenvalue weighted by Crippen LogP contribution is 2.33. The van der Waals surface area contributed by atoms with Crippen LogP contribution in [0.2, 0.25) is 0 Å². The predicted octanol–water partition coefficient (Wildman–Crippen LogP) is 3.22. The Kier molecular flexibility index (Phi) is 13.5. The quantitative estimate of drug-likeness (QED) is 0.279. The van der Waals surface area contributed by atoms with E-state index in [4.69, 9.17) is 20.3 Å². The second kappa shape index (κ2) is 14.6. The number of hydrogen-bond donors (Lipinski definition) is 4. The molecule has 0 atom stereocenters.